The molecule has 2 rings (SSSR count). The monoisotopic (exact) mass is 191 g/mol. The first-order chi connectivity index (χ1) is 6.74. The summed E-state index contributed by atoms with van der Waals surface area (Å²) in [4.78, 5) is 10.4. The highest BCUT2D eigenvalue weighted by atomic mass is 16.3. The number of hydrogen-bond acceptors (Lipinski definition) is 3. The second-order valence-electron chi connectivity index (χ2n) is 3.70. The van der Waals surface area contributed by atoms with Crippen LogP contribution in [-0.4, -0.2) is 24.5 Å². The molecule has 74 valence electrons. The van der Waals surface area contributed by atoms with Gasteiger partial charge in [-0.3, -0.25) is 4.79 Å². The maximum absolute atomic E-state index is 10.4. The normalized spacial score (nSPS) is 26.4. The number of benzene rings is 1. The van der Waals surface area contributed by atoms with Gasteiger partial charge in [0, 0.05) is 12.1 Å². The van der Waals surface area contributed by atoms with Gasteiger partial charge in [0.25, 0.3) is 0 Å². The first-order valence-electron chi connectivity index (χ1n) is 4.73. The van der Waals surface area contributed by atoms with Crippen LogP contribution in [-0.2, 0) is 5.60 Å². The van der Waals surface area contributed by atoms with E-state index < -0.39 is 5.60 Å². The van der Waals surface area contributed by atoms with Crippen molar-refractivity contribution in [2.45, 2.75) is 12.0 Å². The maximum Gasteiger partial charge on any atom is 0.150 e. The molecule has 2 N–H and O–H groups in total. The predicted octanol–water partition coefficient (Wildman–Crippen LogP) is 0.680. The Morgan fingerprint density at radius 2 is 2.07 bits per heavy atom. The van der Waals surface area contributed by atoms with E-state index in [9.17, 15) is 9.90 Å². The number of rotatable bonds is 2. The van der Waals surface area contributed by atoms with Crippen LogP contribution >= 0.6 is 0 Å². The molecule has 1 aliphatic rings. The van der Waals surface area contributed by atoms with Gasteiger partial charge < -0.3 is 10.4 Å². The Bertz CT molecular complexity index is 326. The first kappa shape index (κ1) is 9.37. The van der Waals surface area contributed by atoms with E-state index in [1.165, 1.54) is 0 Å². The molecule has 0 amide bonds. The summed E-state index contributed by atoms with van der Waals surface area (Å²) in [6.07, 6.45) is 1.54. The third-order valence-corrected chi connectivity index (χ3v) is 2.72. The molecule has 1 unspecified atom stereocenters. The molecule has 1 fully saturated rings. The predicted molar refractivity (Wildman–Crippen MR) is 53.2 cm³/mol. The van der Waals surface area contributed by atoms with Crippen molar-refractivity contribution < 1.29 is 9.90 Å². The van der Waals surface area contributed by atoms with Crippen LogP contribution < -0.4 is 5.32 Å². The summed E-state index contributed by atoms with van der Waals surface area (Å²) >= 11 is 0. The van der Waals surface area contributed by atoms with E-state index in [2.05, 4.69) is 5.32 Å². The number of carbonyl (C=O) groups is 1. The number of β-amino-alcohol motifs (C(OH)–C–C–N with tert-alkyl or cyclic N) is 1. The van der Waals surface area contributed by atoms with E-state index >= 15 is 0 Å². The van der Waals surface area contributed by atoms with E-state index in [0.29, 0.717) is 12.1 Å². The molecule has 14 heavy (non-hydrogen) atoms. The second-order valence-corrected chi connectivity index (χ2v) is 3.70. The lowest BCUT2D eigenvalue weighted by Gasteiger charge is -2.21. The van der Waals surface area contributed by atoms with Crippen LogP contribution in [0.5, 0.6) is 0 Å². The molecule has 0 aliphatic carbocycles. The van der Waals surface area contributed by atoms with Crippen LogP contribution in [0.4, 0.5) is 0 Å². The van der Waals surface area contributed by atoms with Gasteiger partial charge in [0.05, 0.1) is 0 Å². The minimum absolute atomic E-state index is 0.591. The van der Waals surface area contributed by atoms with Crippen molar-refractivity contribution in [1.82, 2.24) is 5.32 Å². The molecule has 1 aliphatic heterocycles. The van der Waals surface area contributed by atoms with Gasteiger partial charge in [-0.15, -0.1) is 0 Å². The van der Waals surface area contributed by atoms with Gasteiger partial charge in [0.2, 0.25) is 0 Å². The fraction of sp³-hybridized carbons (Fsp3) is 0.364. The number of nitrogens with one attached hydrogen (secondary N) is 1. The molecule has 1 heterocycles. The van der Waals surface area contributed by atoms with Gasteiger partial charge in [0.1, 0.15) is 11.9 Å². The lowest BCUT2D eigenvalue weighted by Crippen LogP contribution is -2.28. The van der Waals surface area contributed by atoms with Crippen LogP contribution in [0.25, 0.3) is 0 Å². The van der Waals surface area contributed by atoms with Crippen LogP contribution in [0.1, 0.15) is 22.3 Å². The van der Waals surface area contributed by atoms with E-state index in [1.807, 2.05) is 12.1 Å². The zero-order valence-corrected chi connectivity index (χ0v) is 7.86. The number of carbonyl (C=O) groups excluding carboxylic acids is 1. The topological polar surface area (TPSA) is 49.3 Å². The van der Waals surface area contributed by atoms with Gasteiger partial charge >= 0.3 is 0 Å². The van der Waals surface area contributed by atoms with Crippen molar-refractivity contribution in [3.05, 3.63) is 35.4 Å². The fourth-order valence-electron chi connectivity index (χ4n) is 1.80. The summed E-state index contributed by atoms with van der Waals surface area (Å²) in [6.45, 7) is 1.43. The van der Waals surface area contributed by atoms with E-state index in [1.54, 1.807) is 12.1 Å². The molecule has 3 nitrogen and oxygen atoms in total. The lowest BCUT2D eigenvalue weighted by atomic mass is 9.92. The molecular formula is C11H13NO2. The molecule has 3 heteroatoms. The average Bonchev–Trinajstić information content (AvgIpc) is 2.67. The Kier molecular flexibility index (Phi) is 2.35. The lowest BCUT2D eigenvalue weighted by molar-refractivity contribution is 0.0587. The van der Waals surface area contributed by atoms with Crippen molar-refractivity contribution in [3.8, 4) is 0 Å². The van der Waals surface area contributed by atoms with Gasteiger partial charge in [0.15, 0.2) is 0 Å². The summed E-state index contributed by atoms with van der Waals surface area (Å²) in [7, 11) is 0. The van der Waals surface area contributed by atoms with Crippen molar-refractivity contribution >= 4 is 6.29 Å². The Hall–Kier alpha value is -1.19. The SMILES string of the molecule is O=Cc1ccc(C2(O)CCNC2)cc1. The molecular weight excluding hydrogens is 178 g/mol. The van der Waals surface area contributed by atoms with Gasteiger partial charge in [-0.2, -0.15) is 0 Å². The van der Waals surface area contributed by atoms with Crippen LogP contribution in [0.2, 0.25) is 0 Å². The molecule has 0 bridgehead atoms. The summed E-state index contributed by atoms with van der Waals surface area (Å²) in [6, 6.07) is 7.10. The summed E-state index contributed by atoms with van der Waals surface area (Å²) in [5, 5.41) is 13.3. The Balaban J connectivity index is 2.27. The highest BCUT2D eigenvalue weighted by Gasteiger charge is 2.32. The van der Waals surface area contributed by atoms with E-state index in [-0.39, 0.29) is 0 Å². The number of aldehydes is 1. The number of aliphatic hydroxyl groups is 1. The third-order valence-electron chi connectivity index (χ3n) is 2.72. The fourth-order valence-corrected chi connectivity index (χ4v) is 1.80. The van der Waals surface area contributed by atoms with Crippen LogP contribution in [0, 0.1) is 0 Å². The van der Waals surface area contributed by atoms with Crippen molar-refractivity contribution in [2.75, 3.05) is 13.1 Å². The molecule has 1 aromatic carbocycles. The molecule has 0 aromatic heterocycles. The summed E-state index contributed by atoms with van der Waals surface area (Å²) in [5.74, 6) is 0. The maximum atomic E-state index is 10.4. The highest BCUT2D eigenvalue weighted by Crippen LogP contribution is 2.27. The quantitative estimate of drug-likeness (QED) is 0.676. The Morgan fingerprint density at radius 3 is 2.57 bits per heavy atom. The van der Waals surface area contributed by atoms with Crippen LogP contribution in [0.15, 0.2) is 24.3 Å². The summed E-state index contributed by atoms with van der Waals surface area (Å²) < 4.78 is 0. The van der Waals surface area contributed by atoms with Crippen LogP contribution in [0.3, 0.4) is 0 Å². The summed E-state index contributed by atoms with van der Waals surface area (Å²) in [5.41, 5.74) is 0.776. The third kappa shape index (κ3) is 1.56. The van der Waals surface area contributed by atoms with Crippen molar-refractivity contribution in [1.29, 1.82) is 0 Å². The first-order valence-corrected chi connectivity index (χ1v) is 4.73. The van der Waals surface area contributed by atoms with Gasteiger partial charge in [-0.05, 0) is 18.5 Å². The van der Waals surface area contributed by atoms with Crippen molar-refractivity contribution in [3.63, 3.8) is 0 Å². The van der Waals surface area contributed by atoms with Crippen molar-refractivity contribution in [2.24, 2.45) is 0 Å². The molecule has 0 spiro atoms. The number of hydrogen-bond donors (Lipinski definition) is 2. The zero-order chi connectivity index (χ0) is 10.0. The average molecular weight is 191 g/mol. The van der Waals surface area contributed by atoms with E-state index in [4.69, 9.17) is 0 Å². The molecule has 1 atom stereocenters. The minimum Gasteiger partial charge on any atom is -0.384 e. The second kappa shape index (κ2) is 3.52. The molecule has 1 aromatic rings. The Morgan fingerprint density at radius 1 is 1.36 bits per heavy atom. The molecule has 0 saturated carbocycles. The highest BCUT2D eigenvalue weighted by molar-refractivity contribution is 5.74. The minimum atomic E-state index is -0.749. The smallest absolute Gasteiger partial charge is 0.150 e. The molecule has 1 saturated heterocycles. The molecule has 0 radical (unpaired) electrons. The van der Waals surface area contributed by atoms with Gasteiger partial charge in [-0.25, -0.2) is 0 Å². The standard InChI is InChI=1S/C11H13NO2/c13-7-9-1-3-10(4-2-9)11(14)5-6-12-8-11/h1-4,7,12,14H,5-6,8H2. The van der Waals surface area contributed by atoms with Gasteiger partial charge in [-0.1, -0.05) is 24.3 Å². The zero-order valence-electron chi connectivity index (χ0n) is 7.86. The Labute approximate surface area is 82.8 Å². The largest absolute Gasteiger partial charge is 0.384 e. The van der Waals surface area contributed by atoms with E-state index in [0.717, 1.165) is 24.8 Å².